The number of aromatic nitrogens is 2. The minimum absolute atomic E-state index is 0.0704. The van der Waals surface area contributed by atoms with Crippen molar-refractivity contribution in [1.82, 2.24) is 10.2 Å². The maximum absolute atomic E-state index is 12.4. The number of nitrogens with one attached hydrogen (secondary N) is 1. The summed E-state index contributed by atoms with van der Waals surface area (Å²) in [6.45, 7) is 0. The number of benzene rings is 3. The van der Waals surface area contributed by atoms with Gasteiger partial charge >= 0.3 is 6.01 Å². The summed E-state index contributed by atoms with van der Waals surface area (Å²) in [4.78, 5) is 12.4. The highest BCUT2D eigenvalue weighted by molar-refractivity contribution is 6.03. The third-order valence-corrected chi connectivity index (χ3v) is 3.92. The lowest BCUT2D eigenvalue weighted by Gasteiger charge is -2.04. The predicted molar refractivity (Wildman–Crippen MR) is 99.6 cm³/mol. The molecule has 0 spiro atoms. The lowest BCUT2D eigenvalue weighted by atomic mass is 10.0. The van der Waals surface area contributed by atoms with E-state index in [0.717, 1.165) is 16.7 Å². The Bertz CT molecular complexity index is 1010. The van der Waals surface area contributed by atoms with Crippen LogP contribution in [0.1, 0.15) is 10.4 Å². The van der Waals surface area contributed by atoms with E-state index in [1.54, 1.807) is 12.1 Å². The second-order valence-electron chi connectivity index (χ2n) is 5.68. The number of anilines is 1. The van der Waals surface area contributed by atoms with Gasteiger partial charge in [0.15, 0.2) is 0 Å². The van der Waals surface area contributed by atoms with Crippen LogP contribution in [-0.4, -0.2) is 16.1 Å². The Balaban J connectivity index is 1.48. The summed E-state index contributed by atoms with van der Waals surface area (Å²) >= 11 is 0. The molecule has 0 atom stereocenters. The molecule has 126 valence electrons. The van der Waals surface area contributed by atoms with Crippen molar-refractivity contribution in [3.8, 4) is 22.6 Å². The van der Waals surface area contributed by atoms with Crippen molar-refractivity contribution in [2.24, 2.45) is 0 Å². The van der Waals surface area contributed by atoms with Crippen LogP contribution in [0.15, 0.2) is 89.3 Å². The molecule has 0 bridgehead atoms. The van der Waals surface area contributed by atoms with E-state index in [2.05, 4.69) is 15.5 Å². The Morgan fingerprint density at radius 3 is 1.92 bits per heavy atom. The molecule has 0 radical (unpaired) electrons. The van der Waals surface area contributed by atoms with Crippen LogP contribution < -0.4 is 5.32 Å². The topological polar surface area (TPSA) is 68.0 Å². The van der Waals surface area contributed by atoms with Gasteiger partial charge in [-0.2, -0.15) is 0 Å². The van der Waals surface area contributed by atoms with E-state index in [-0.39, 0.29) is 11.9 Å². The second-order valence-corrected chi connectivity index (χ2v) is 5.68. The molecule has 3 aromatic carbocycles. The summed E-state index contributed by atoms with van der Waals surface area (Å²) in [6, 6.07) is 26.8. The van der Waals surface area contributed by atoms with Crippen molar-refractivity contribution >= 4 is 11.9 Å². The molecule has 1 aromatic heterocycles. The van der Waals surface area contributed by atoms with Gasteiger partial charge in [0.25, 0.3) is 5.91 Å². The summed E-state index contributed by atoms with van der Waals surface area (Å²) in [6.07, 6.45) is 0. The van der Waals surface area contributed by atoms with Crippen LogP contribution in [-0.2, 0) is 0 Å². The van der Waals surface area contributed by atoms with E-state index < -0.39 is 0 Å². The molecule has 0 saturated carbocycles. The first-order valence-corrected chi connectivity index (χ1v) is 8.15. The molecule has 5 heteroatoms. The summed E-state index contributed by atoms with van der Waals surface area (Å²) in [5.41, 5.74) is 3.46. The molecule has 0 aliphatic carbocycles. The molecule has 0 aliphatic rings. The van der Waals surface area contributed by atoms with Crippen molar-refractivity contribution in [1.29, 1.82) is 0 Å². The highest BCUT2D eigenvalue weighted by atomic mass is 16.4. The largest absolute Gasteiger partial charge is 0.403 e. The summed E-state index contributed by atoms with van der Waals surface area (Å²) in [7, 11) is 0. The van der Waals surface area contributed by atoms with Gasteiger partial charge in [0.1, 0.15) is 0 Å². The standard InChI is InChI=1S/C21H15N3O2/c25-19(17-13-11-16(12-14-17)15-7-3-1-4-8-15)22-21-24-23-20(26-21)18-9-5-2-6-10-18/h1-14H,(H,22,24,25). The lowest BCUT2D eigenvalue weighted by Crippen LogP contribution is -2.11. The Morgan fingerprint density at radius 1 is 0.692 bits per heavy atom. The van der Waals surface area contributed by atoms with Gasteiger partial charge in [-0.1, -0.05) is 65.8 Å². The molecule has 4 aromatic rings. The zero-order valence-electron chi connectivity index (χ0n) is 13.8. The molecule has 4 rings (SSSR count). The van der Waals surface area contributed by atoms with Crippen molar-refractivity contribution < 1.29 is 9.21 Å². The van der Waals surface area contributed by atoms with E-state index >= 15 is 0 Å². The van der Waals surface area contributed by atoms with Gasteiger partial charge in [0.2, 0.25) is 5.89 Å². The Labute approximate surface area is 150 Å². The van der Waals surface area contributed by atoms with Crippen LogP contribution in [0.5, 0.6) is 0 Å². The average molecular weight is 341 g/mol. The normalized spacial score (nSPS) is 10.5. The van der Waals surface area contributed by atoms with Gasteiger partial charge in [0, 0.05) is 11.1 Å². The van der Waals surface area contributed by atoms with Crippen molar-refractivity contribution in [2.75, 3.05) is 5.32 Å². The molecule has 0 aliphatic heterocycles. The second kappa shape index (κ2) is 7.03. The number of carbonyl (C=O) groups is 1. The summed E-state index contributed by atoms with van der Waals surface area (Å²) in [5, 5.41) is 10.5. The lowest BCUT2D eigenvalue weighted by molar-refractivity contribution is 0.102. The summed E-state index contributed by atoms with van der Waals surface area (Å²) in [5.74, 6) is 0.0631. The highest BCUT2D eigenvalue weighted by Gasteiger charge is 2.12. The first-order valence-electron chi connectivity index (χ1n) is 8.15. The maximum Gasteiger partial charge on any atom is 0.322 e. The van der Waals surface area contributed by atoms with Crippen molar-refractivity contribution in [3.05, 3.63) is 90.5 Å². The first kappa shape index (κ1) is 15.8. The van der Waals surface area contributed by atoms with E-state index in [4.69, 9.17) is 4.42 Å². The minimum Gasteiger partial charge on any atom is -0.403 e. The molecule has 1 heterocycles. The Hall–Kier alpha value is -3.73. The third kappa shape index (κ3) is 3.37. The smallest absolute Gasteiger partial charge is 0.322 e. The fraction of sp³-hybridized carbons (Fsp3) is 0. The third-order valence-electron chi connectivity index (χ3n) is 3.92. The van der Waals surface area contributed by atoms with Crippen LogP contribution in [0.25, 0.3) is 22.6 Å². The molecule has 26 heavy (non-hydrogen) atoms. The van der Waals surface area contributed by atoms with E-state index in [9.17, 15) is 4.79 Å². The van der Waals surface area contributed by atoms with Crippen molar-refractivity contribution in [2.45, 2.75) is 0 Å². The van der Waals surface area contributed by atoms with E-state index in [0.29, 0.717) is 11.5 Å². The number of carbonyl (C=O) groups excluding carboxylic acids is 1. The molecular weight excluding hydrogens is 326 g/mol. The monoisotopic (exact) mass is 341 g/mol. The zero-order chi connectivity index (χ0) is 17.8. The average Bonchev–Trinajstić information content (AvgIpc) is 3.18. The van der Waals surface area contributed by atoms with Crippen molar-refractivity contribution in [3.63, 3.8) is 0 Å². The van der Waals surface area contributed by atoms with Gasteiger partial charge in [-0.15, -0.1) is 5.10 Å². The maximum atomic E-state index is 12.4. The van der Waals surface area contributed by atoms with E-state index in [1.165, 1.54) is 0 Å². The molecule has 5 nitrogen and oxygen atoms in total. The Kier molecular flexibility index (Phi) is 4.26. The van der Waals surface area contributed by atoms with Gasteiger partial charge in [0.05, 0.1) is 0 Å². The molecule has 0 unspecified atom stereocenters. The van der Waals surface area contributed by atoms with Gasteiger partial charge in [-0.3, -0.25) is 10.1 Å². The van der Waals surface area contributed by atoms with Crippen LogP contribution in [0.3, 0.4) is 0 Å². The minimum atomic E-state index is -0.298. The molecule has 0 fully saturated rings. The van der Waals surface area contributed by atoms with Gasteiger partial charge in [-0.05, 0) is 35.4 Å². The quantitative estimate of drug-likeness (QED) is 0.586. The first-order chi connectivity index (χ1) is 12.8. The number of nitrogens with zero attached hydrogens (tertiary/aromatic N) is 2. The van der Waals surface area contributed by atoms with Gasteiger partial charge < -0.3 is 4.42 Å². The molecular formula is C21H15N3O2. The fourth-order valence-electron chi connectivity index (χ4n) is 2.59. The molecule has 0 saturated heterocycles. The van der Waals surface area contributed by atoms with Crippen LogP contribution in [0.4, 0.5) is 6.01 Å². The number of hydrogen-bond donors (Lipinski definition) is 1. The van der Waals surface area contributed by atoms with E-state index in [1.807, 2.05) is 72.8 Å². The molecule has 1 amide bonds. The Morgan fingerprint density at radius 2 is 1.27 bits per heavy atom. The van der Waals surface area contributed by atoms with Crippen LogP contribution in [0, 0.1) is 0 Å². The highest BCUT2D eigenvalue weighted by Crippen LogP contribution is 2.21. The zero-order valence-corrected chi connectivity index (χ0v) is 13.8. The van der Waals surface area contributed by atoms with Crippen LogP contribution >= 0.6 is 0 Å². The SMILES string of the molecule is O=C(Nc1nnc(-c2ccccc2)o1)c1ccc(-c2ccccc2)cc1. The fourth-order valence-corrected chi connectivity index (χ4v) is 2.59. The molecule has 1 N–H and O–H groups in total. The number of hydrogen-bond acceptors (Lipinski definition) is 4. The number of amides is 1. The van der Waals surface area contributed by atoms with Crippen LogP contribution in [0.2, 0.25) is 0 Å². The van der Waals surface area contributed by atoms with Gasteiger partial charge in [-0.25, -0.2) is 0 Å². The number of rotatable bonds is 4. The predicted octanol–water partition coefficient (Wildman–Crippen LogP) is 4.66. The summed E-state index contributed by atoms with van der Waals surface area (Å²) < 4.78 is 5.50.